The molecule has 0 aromatic carbocycles. The summed E-state index contributed by atoms with van der Waals surface area (Å²) in [7, 11) is 2.03. The van der Waals surface area contributed by atoms with Crippen LogP contribution in [0.4, 0.5) is 0 Å². The van der Waals surface area contributed by atoms with Gasteiger partial charge in [-0.2, -0.15) is 0 Å². The van der Waals surface area contributed by atoms with Crippen molar-refractivity contribution in [3.8, 4) is 0 Å². The van der Waals surface area contributed by atoms with Gasteiger partial charge < -0.3 is 10.2 Å². The monoisotopic (exact) mass is 186 g/mol. The van der Waals surface area contributed by atoms with Gasteiger partial charge in [-0.25, -0.2) is 0 Å². The molecule has 0 radical (unpaired) electrons. The maximum atomic E-state index is 3.23. The number of nitrogens with zero attached hydrogens (tertiary/aromatic N) is 1. The third-order valence-corrected chi connectivity index (χ3v) is 2.40. The standard InChI is InChI=1S/C11H26N2/c1-5-7-8-13(6-2)10-11(3)9-12-4/h11-12H,5-10H2,1-4H3. The van der Waals surface area contributed by atoms with Gasteiger partial charge in [-0.15, -0.1) is 0 Å². The van der Waals surface area contributed by atoms with Gasteiger partial charge in [-0.3, -0.25) is 0 Å². The Morgan fingerprint density at radius 3 is 2.46 bits per heavy atom. The van der Waals surface area contributed by atoms with Crippen molar-refractivity contribution >= 4 is 0 Å². The molecule has 80 valence electrons. The van der Waals surface area contributed by atoms with Crippen molar-refractivity contribution in [2.75, 3.05) is 33.2 Å². The average molecular weight is 186 g/mol. The minimum absolute atomic E-state index is 0.766. The summed E-state index contributed by atoms with van der Waals surface area (Å²) in [5, 5.41) is 3.23. The van der Waals surface area contributed by atoms with Crippen molar-refractivity contribution in [1.29, 1.82) is 0 Å². The van der Waals surface area contributed by atoms with Crippen LogP contribution in [-0.4, -0.2) is 38.1 Å². The molecule has 0 saturated carbocycles. The molecule has 1 atom stereocenters. The van der Waals surface area contributed by atoms with Gasteiger partial charge in [0, 0.05) is 6.54 Å². The second kappa shape index (κ2) is 8.52. The first-order chi connectivity index (χ1) is 6.24. The van der Waals surface area contributed by atoms with E-state index in [0.717, 1.165) is 12.5 Å². The van der Waals surface area contributed by atoms with Gasteiger partial charge in [-0.05, 0) is 39.0 Å². The van der Waals surface area contributed by atoms with Crippen LogP contribution in [0.3, 0.4) is 0 Å². The molecule has 0 spiro atoms. The molecule has 2 nitrogen and oxygen atoms in total. The fraction of sp³-hybridized carbons (Fsp3) is 1.00. The third-order valence-electron chi connectivity index (χ3n) is 2.40. The molecule has 0 aromatic heterocycles. The topological polar surface area (TPSA) is 15.3 Å². The first-order valence-corrected chi connectivity index (χ1v) is 5.61. The van der Waals surface area contributed by atoms with Crippen molar-refractivity contribution in [1.82, 2.24) is 10.2 Å². The second-order valence-electron chi connectivity index (χ2n) is 3.91. The Morgan fingerprint density at radius 2 is 2.00 bits per heavy atom. The van der Waals surface area contributed by atoms with Gasteiger partial charge in [0.2, 0.25) is 0 Å². The predicted molar refractivity (Wildman–Crippen MR) is 60.1 cm³/mol. The van der Waals surface area contributed by atoms with E-state index < -0.39 is 0 Å². The molecule has 1 unspecified atom stereocenters. The molecular formula is C11H26N2. The number of rotatable bonds is 8. The van der Waals surface area contributed by atoms with Crippen LogP contribution in [0.25, 0.3) is 0 Å². The zero-order valence-corrected chi connectivity index (χ0v) is 9.77. The smallest absolute Gasteiger partial charge is 0.00190 e. The van der Waals surface area contributed by atoms with Crippen LogP contribution in [-0.2, 0) is 0 Å². The number of hydrogen-bond donors (Lipinski definition) is 1. The highest BCUT2D eigenvalue weighted by Gasteiger charge is 2.06. The van der Waals surface area contributed by atoms with Gasteiger partial charge in [-0.1, -0.05) is 27.2 Å². The molecule has 0 aliphatic heterocycles. The van der Waals surface area contributed by atoms with E-state index in [9.17, 15) is 0 Å². The summed E-state index contributed by atoms with van der Waals surface area (Å²) in [6.07, 6.45) is 2.64. The Kier molecular flexibility index (Phi) is 8.46. The Labute approximate surface area is 83.7 Å². The zero-order chi connectivity index (χ0) is 10.1. The predicted octanol–water partition coefficient (Wildman–Crippen LogP) is 1.96. The van der Waals surface area contributed by atoms with Gasteiger partial charge in [0.05, 0.1) is 0 Å². The number of hydrogen-bond acceptors (Lipinski definition) is 2. The van der Waals surface area contributed by atoms with E-state index in [0.29, 0.717) is 0 Å². The lowest BCUT2D eigenvalue weighted by atomic mass is 10.1. The molecule has 0 rings (SSSR count). The summed E-state index contributed by atoms with van der Waals surface area (Å²) in [5.74, 6) is 0.766. The lowest BCUT2D eigenvalue weighted by Gasteiger charge is -2.23. The minimum Gasteiger partial charge on any atom is -0.319 e. The second-order valence-corrected chi connectivity index (χ2v) is 3.91. The normalized spacial score (nSPS) is 13.6. The highest BCUT2D eigenvalue weighted by Crippen LogP contribution is 2.00. The largest absolute Gasteiger partial charge is 0.319 e. The SMILES string of the molecule is CCCCN(CC)CC(C)CNC. The van der Waals surface area contributed by atoms with E-state index in [2.05, 4.69) is 31.0 Å². The van der Waals surface area contributed by atoms with E-state index in [1.165, 1.54) is 32.5 Å². The van der Waals surface area contributed by atoms with Crippen LogP contribution in [0.5, 0.6) is 0 Å². The van der Waals surface area contributed by atoms with E-state index in [1.807, 2.05) is 7.05 Å². The summed E-state index contributed by atoms with van der Waals surface area (Å²) >= 11 is 0. The maximum absolute atomic E-state index is 3.23. The third kappa shape index (κ3) is 7.03. The van der Waals surface area contributed by atoms with Crippen molar-refractivity contribution in [3.63, 3.8) is 0 Å². The number of nitrogens with one attached hydrogen (secondary N) is 1. The van der Waals surface area contributed by atoms with Gasteiger partial charge in [0.1, 0.15) is 0 Å². The van der Waals surface area contributed by atoms with Crippen LogP contribution < -0.4 is 5.32 Å². The van der Waals surface area contributed by atoms with Gasteiger partial charge in [0.25, 0.3) is 0 Å². The van der Waals surface area contributed by atoms with Crippen molar-refractivity contribution in [3.05, 3.63) is 0 Å². The summed E-state index contributed by atoms with van der Waals surface area (Å²) in [6, 6.07) is 0. The van der Waals surface area contributed by atoms with Crippen molar-refractivity contribution in [2.24, 2.45) is 5.92 Å². The molecule has 13 heavy (non-hydrogen) atoms. The quantitative estimate of drug-likeness (QED) is 0.623. The van der Waals surface area contributed by atoms with Gasteiger partial charge >= 0.3 is 0 Å². The molecule has 0 aliphatic rings. The molecule has 0 saturated heterocycles. The highest BCUT2D eigenvalue weighted by molar-refractivity contribution is 4.62. The summed E-state index contributed by atoms with van der Waals surface area (Å²) in [4.78, 5) is 2.55. The fourth-order valence-corrected chi connectivity index (χ4v) is 1.61. The fourth-order valence-electron chi connectivity index (χ4n) is 1.61. The Hall–Kier alpha value is -0.0800. The summed E-state index contributed by atoms with van der Waals surface area (Å²) in [5.41, 5.74) is 0. The Balaban J connectivity index is 3.56. The van der Waals surface area contributed by atoms with Crippen LogP contribution in [0, 0.1) is 5.92 Å². The van der Waals surface area contributed by atoms with E-state index in [-0.39, 0.29) is 0 Å². The molecule has 0 amide bonds. The Morgan fingerprint density at radius 1 is 1.31 bits per heavy atom. The van der Waals surface area contributed by atoms with Crippen LogP contribution in [0.15, 0.2) is 0 Å². The van der Waals surface area contributed by atoms with Crippen molar-refractivity contribution < 1.29 is 0 Å². The van der Waals surface area contributed by atoms with Crippen molar-refractivity contribution in [2.45, 2.75) is 33.6 Å². The van der Waals surface area contributed by atoms with Gasteiger partial charge in [0.15, 0.2) is 0 Å². The highest BCUT2D eigenvalue weighted by atomic mass is 15.1. The van der Waals surface area contributed by atoms with Crippen LogP contribution in [0.2, 0.25) is 0 Å². The van der Waals surface area contributed by atoms with E-state index >= 15 is 0 Å². The Bertz CT molecular complexity index is 104. The molecule has 2 heteroatoms. The van der Waals surface area contributed by atoms with E-state index in [1.54, 1.807) is 0 Å². The molecular weight excluding hydrogens is 160 g/mol. The summed E-state index contributed by atoms with van der Waals surface area (Å²) < 4.78 is 0. The first-order valence-electron chi connectivity index (χ1n) is 5.61. The molecule has 0 bridgehead atoms. The van der Waals surface area contributed by atoms with E-state index in [4.69, 9.17) is 0 Å². The molecule has 0 heterocycles. The van der Waals surface area contributed by atoms with Crippen LogP contribution >= 0.6 is 0 Å². The first kappa shape index (κ1) is 12.9. The molecule has 0 aliphatic carbocycles. The molecule has 1 N–H and O–H groups in total. The zero-order valence-electron chi connectivity index (χ0n) is 9.77. The lowest BCUT2D eigenvalue weighted by Crippen LogP contribution is -2.33. The minimum atomic E-state index is 0.766. The molecule has 0 aromatic rings. The number of unbranched alkanes of at least 4 members (excludes halogenated alkanes) is 1. The summed E-state index contributed by atoms with van der Waals surface area (Å²) in [6.45, 7) is 11.6. The van der Waals surface area contributed by atoms with Crippen LogP contribution in [0.1, 0.15) is 33.6 Å². The average Bonchev–Trinajstić information content (AvgIpc) is 2.12. The maximum Gasteiger partial charge on any atom is 0.00190 e. The lowest BCUT2D eigenvalue weighted by molar-refractivity contribution is 0.244. The molecule has 0 fully saturated rings.